The van der Waals surface area contributed by atoms with Gasteiger partial charge in [-0.05, 0) is 89.5 Å². The van der Waals surface area contributed by atoms with E-state index in [2.05, 4.69) is 170 Å². The van der Waals surface area contributed by atoms with Crippen molar-refractivity contribution < 1.29 is 8.83 Å². The summed E-state index contributed by atoms with van der Waals surface area (Å²) in [4.78, 5) is 0. The van der Waals surface area contributed by atoms with Crippen molar-refractivity contribution in [3.05, 3.63) is 194 Å². The number of hydrogen-bond acceptors (Lipinski definition) is 2. The van der Waals surface area contributed by atoms with E-state index in [4.69, 9.17) is 8.83 Å². The van der Waals surface area contributed by atoms with Crippen LogP contribution in [0.25, 0.3) is 121 Å². The molecule has 0 N–H and O–H groups in total. The molecule has 12 aromatic rings. The maximum Gasteiger partial charge on any atom is 0.147 e. The third-order valence-corrected chi connectivity index (χ3v) is 11.7. The van der Waals surface area contributed by atoms with Gasteiger partial charge < -0.3 is 8.83 Å². The van der Waals surface area contributed by atoms with Crippen molar-refractivity contribution in [3.63, 3.8) is 0 Å². The fraction of sp³-hybridized carbons (Fsp3) is 0. The second-order valence-electron chi connectivity index (χ2n) is 14.7. The predicted octanol–water partition coefficient (Wildman–Crippen LogP) is 15.6. The molecule has 0 aliphatic carbocycles. The Balaban J connectivity index is 1.03. The molecule has 2 nitrogen and oxygen atoms in total. The number of furan rings is 2. The molecule has 12 rings (SSSR count). The average molecular weight is 713 g/mol. The van der Waals surface area contributed by atoms with Gasteiger partial charge >= 0.3 is 0 Å². The van der Waals surface area contributed by atoms with Crippen LogP contribution in [0.5, 0.6) is 0 Å². The lowest BCUT2D eigenvalue weighted by Gasteiger charge is -2.18. The molecular formula is C54H32O2. The highest BCUT2D eigenvalue weighted by Gasteiger charge is 2.22. The first kappa shape index (κ1) is 31.0. The van der Waals surface area contributed by atoms with E-state index < -0.39 is 0 Å². The molecule has 2 aromatic heterocycles. The molecule has 0 amide bonds. The maximum atomic E-state index is 6.62. The van der Waals surface area contributed by atoms with Crippen molar-refractivity contribution in [3.8, 4) is 44.5 Å². The van der Waals surface area contributed by atoms with Crippen molar-refractivity contribution in [1.82, 2.24) is 0 Å². The van der Waals surface area contributed by atoms with Gasteiger partial charge in [0.1, 0.15) is 22.3 Å². The molecule has 0 saturated heterocycles. The van der Waals surface area contributed by atoms with Crippen molar-refractivity contribution in [1.29, 1.82) is 0 Å². The fourth-order valence-electron chi connectivity index (χ4n) is 9.15. The van der Waals surface area contributed by atoms with Gasteiger partial charge in [0.2, 0.25) is 0 Å². The van der Waals surface area contributed by atoms with Gasteiger partial charge in [-0.25, -0.2) is 0 Å². The Bertz CT molecular complexity index is 3360. The predicted molar refractivity (Wildman–Crippen MR) is 235 cm³/mol. The molecule has 2 heterocycles. The zero-order chi connectivity index (χ0) is 36.7. The van der Waals surface area contributed by atoms with Gasteiger partial charge in [0.25, 0.3) is 0 Å². The summed E-state index contributed by atoms with van der Waals surface area (Å²) < 4.78 is 13.2. The van der Waals surface area contributed by atoms with Crippen LogP contribution < -0.4 is 0 Å². The Hall–Kier alpha value is -7.42. The number of benzene rings is 10. The highest BCUT2D eigenvalue weighted by Crippen LogP contribution is 2.47. The number of para-hydroxylation sites is 2. The lowest BCUT2D eigenvalue weighted by Crippen LogP contribution is -1.91. The van der Waals surface area contributed by atoms with Gasteiger partial charge in [-0.15, -0.1) is 0 Å². The second-order valence-corrected chi connectivity index (χ2v) is 14.7. The van der Waals surface area contributed by atoms with Crippen molar-refractivity contribution >= 4 is 76.2 Å². The topological polar surface area (TPSA) is 26.3 Å². The van der Waals surface area contributed by atoms with Crippen LogP contribution in [0.2, 0.25) is 0 Å². The smallest absolute Gasteiger partial charge is 0.147 e. The quantitative estimate of drug-likeness (QED) is 0.170. The van der Waals surface area contributed by atoms with Gasteiger partial charge in [-0.2, -0.15) is 0 Å². The molecule has 0 spiro atoms. The van der Waals surface area contributed by atoms with Gasteiger partial charge in [0.15, 0.2) is 0 Å². The summed E-state index contributed by atoms with van der Waals surface area (Å²) in [5.41, 5.74) is 12.8. The van der Waals surface area contributed by atoms with Gasteiger partial charge in [-0.3, -0.25) is 0 Å². The molecular weight excluding hydrogens is 681 g/mol. The molecule has 56 heavy (non-hydrogen) atoms. The van der Waals surface area contributed by atoms with Crippen LogP contribution >= 0.6 is 0 Å². The van der Waals surface area contributed by atoms with E-state index in [1.165, 1.54) is 60.1 Å². The zero-order valence-electron chi connectivity index (χ0n) is 30.3. The van der Waals surface area contributed by atoms with E-state index in [0.29, 0.717) is 0 Å². The van der Waals surface area contributed by atoms with Crippen LogP contribution in [0.1, 0.15) is 0 Å². The van der Waals surface area contributed by atoms with Crippen LogP contribution in [0.15, 0.2) is 203 Å². The molecule has 0 aliphatic heterocycles. The highest BCUT2D eigenvalue weighted by atomic mass is 16.3. The van der Waals surface area contributed by atoms with E-state index in [1.54, 1.807) is 0 Å². The minimum atomic E-state index is 0.845. The molecule has 260 valence electrons. The summed E-state index contributed by atoms with van der Waals surface area (Å²) in [5, 5.41) is 11.8. The summed E-state index contributed by atoms with van der Waals surface area (Å²) in [5.74, 6) is 0. The Morgan fingerprint density at radius 1 is 0.250 bits per heavy atom. The van der Waals surface area contributed by atoms with E-state index in [1.807, 2.05) is 24.3 Å². The summed E-state index contributed by atoms with van der Waals surface area (Å²) in [6, 6.07) is 69.8. The molecule has 10 aromatic carbocycles. The van der Waals surface area contributed by atoms with Crippen LogP contribution in [0.3, 0.4) is 0 Å². The Kier molecular flexibility index (Phi) is 6.66. The van der Waals surface area contributed by atoms with E-state index in [0.717, 1.165) is 60.6 Å². The number of hydrogen-bond donors (Lipinski definition) is 0. The Labute approximate surface area is 322 Å². The van der Waals surface area contributed by atoms with Crippen molar-refractivity contribution in [2.45, 2.75) is 0 Å². The number of fused-ring (bicyclic) bond motifs is 9. The first-order valence-corrected chi connectivity index (χ1v) is 19.2. The fourth-order valence-corrected chi connectivity index (χ4v) is 9.15. The lowest BCUT2D eigenvalue weighted by molar-refractivity contribution is 0.658. The Morgan fingerprint density at radius 3 is 1.12 bits per heavy atom. The van der Waals surface area contributed by atoms with Crippen molar-refractivity contribution in [2.24, 2.45) is 0 Å². The third kappa shape index (κ3) is 4.57. The molecule has 0 unspecified atom stereocenters. The zero-order valence-corrected chi connectivity index (χ0v) is 30.3. The summed E-state index contributed by atoms with van der Waals surface area (Å²) in [6.07, 6.45) is 0. The molecule has 0 fully saturated rings. The van der Waals surface area contributed by atoms with E-state index in [9.17, 15) is 0 Å². The van der Waals surface area contributed by atoms with Gasteiger partial charge in [0, 0.05) is 21.5 Å². The van der Waals surface area contributed by atoms with Crippen LogP contribution in [-0.2, 0) is 0 Å². The second kappa shape index (κ2) is 12.0. The maximum absolute atomic E-state index is 6.62. The first-order valence-electron chi connectivity index (χ1n) is 19.2. The van der Waals surface area contributed by atoms with Gasteiger partial charge in [0.05, 0.1) is 5.56 Å². The Morgan fingerprint density at radius 2 is 0.625 bits per heavy atom. The van der Waals surface area contributed by atoms with Crippen LogP contribution in [-0.4, -0.2) is 0 Å². The first-order chi connectivity index (χ1) is 27.8. The molecule has 0 aliphatic rings. The monoisotopic (exact) mass is 712 g/mol. The molecule has 2 heteroatoms. The standard InChI is InChI=1S/C54H32O2/c1-2-14-38-33(12-1)13-11-21-39(38)34-24-26-35(27-25-34)50-42-17-3-5-19-44(42)51(45-20-6-4-18-43(45)50)36-28-30-37(31-29-36)52-53-46(40-15-7-9-22-48(40)55-53)32-47-41-16-8-10-23-49(41)56-54(47)52/h1-32H. The minimum Gasteiger partial charge on any atom is -0.455 e. The molecule has 0 atom stereocenters. The third-order valence-electron chi connectivity index (χ3n) is 11.7. The SMILES string of the molecule is c1ccc2c(-c3ccc(-c4c5ccccc5c(-c5ccc(-c6c7oc8ccccc8c7cc7c6oc6ccccc67)cc5)c5ccccc45)cc3)cccc2c1. The molecule has 0 bridgehead atoms. The highest BCUT2D eigenvalue weighted by molar-refractivity contribution is 6.23. The van der Waals surface area contributed by atoms with E-state index in [-0.39, 0.29) is 0 Å². The molecule has 0 radical (unpaired) electrons. The normalized spacial score (nSPS) is 11.9. The van der Waals surface area contributed by atoms with Crippen LogP contribution in [0, 0.1) is 0 Å². The largest absolute Gasteiger partial charge is 0.455 e. The summed E-state index contributed by atoms with van der Waals surface area (Å²) in [7, 11) is 0. The summed E-state index contributed by atoms with van der Waals surface area (Å²) >= 11 is 0. The van der Waals surface area contributed by atoms with Gasteiger partial charge in [-0.1, -0.05) is 176 Å². The molecule has 0 saturated carbocycles. The lowest BCUT2D eigenvalue weighted by atomic mass is 9.85. The van der Waals surface area contributed by atoms with Crippen molar-refractivity contribution in [2.75, 3.05) is 0 Å². The minimum absolute atomic E-state index is 0.845. The number of rotatable bonds is 4. The van der Waals surface area contributed by atoms with E-state index >= 15 is 0 Å². The average Bonchev–Trinajstić information content (AvgIpc) is 3.83. The van der Waals surface area contributed by atoms with Crippen LogP contribution in [0.4, 0.5) is 0 Å². The summed E-state index contributed by atoms with van der Waals surface area (Å²) in [6.45, 7) is 0.